The fourth-order valence-corrected chi connectivity index (χ4v) is 2.66. The predicted octanol–water partition coefficient (Wildman–Crippen LogP) is 1.37. The van der Waals surface area contributed by atoms with Crippen LogP contribution < -0.4 is 16.0 Å². The number of carbonyl (C=O) groups excluding carboxylic acids is 1. The topological polar surface area (TPSA) is 65.6 Å². The molecule has 0 unspecified atom stereocenters. The predicted molar refractivity (Wildman–Crippen MR) is 94.0 cm³/mol. The Kier molecular flexibility index (Phi) is 7.32. The van der Waals surface area contributed by atoms with Gasteiger partial charge < -0.3 is 25.6 Å². The molecule has 1 amide bonds. The monoisotopic (exact) mass is 320 g/mol. The Morgan fingerprint density at radius 1 is 1.26 bits per heavy atom. The summed E-state index contributed by atoms with van der Waals surface area (Å²) < 4.78 is 4.95. The number of carbonyl (C=O) groups is 1. The zero-order valence-electron chi connectivity index (χ0n) is 14.1. The molecule has 0 radical (unpaired) electrons. The Morgan fingerprint density at radius 2 is 1.96 bits per heavy atom. The Balaban J connectivity index is 1.85. The number of amides is 1. The van der Waals surface area contributed by atoms with E-state index in [0.717, 1.165) is 37.3 Å². The molecule has 0 aliphatic carbocycles. The highest BCUT2D eigenvalue weighted by molar-refractivity contribution is 5.95. The lowest BCUT2D eigenvalue weighted by Gasteiger charge is -2.30. The lowest BCUT2D eigenvalue weighted by molar-refractivity contribution is -0.115. The molecule has 1 aliphatic rings. The number of methoxy groups -OCH3 is 1. The van der Waals surface area contributed by atoms with Crippen LogP contribution in [-0.2, 0) is 9.53 Å². The van der Waals surface area contributed by atoms with Crippen molar-refractivity contribution in [3.05, 3.63) is 24.3 Å². The molecule has 0 aromatic heterocycles. The molecule has 0 saturated carbocycles. The Bertz CT molecular complexity index is 487. The summed E-state index contributed by atoms with van der Waals surface area (Å²) in [5.41, 5.74) is 1.83. The third kappa shape index (κ3) is 6.17. The number of hydrogen-bond acceptors (Lipinski definition) is 5. The second-order valence-electron chi connectivity index (χ2n) is 5.99. The van der Waals surface area contributed by atoms with Gasteiger partial charge in [0.05, 0.1) is 24.5 Å². The first-order chi connectivity index (χ1) is 11.2. The molecule has 1 fully saturated rings. The van der Waals surface area contributed by atoms with Gasteiger partial charge in [-0.15, -0.1) is 0 Å². The van der Waals surface area contributed by atoms with Gasteiger partial charge in [0.15, 0.2) is 0 Å². The van der Waals surface area contributed by atoms with Gasteiger partial charge in [0.2, 0.25) is 5.91 Å². The molecule has 1 aromatic carbocycles. The quantitative estimate of drug-likeness (QED) is 0.631. The van der Waals surface area contributed by atoms with Crippen LogP contribution >= 0.6 is 0 Å². The fourth-order valence-electron chi connectivity index (χ4n) is 2.66. The van der Waals surface area contributed by atoms with Crippen molar-refractivity contribution < 1.29 is 9.53 Å². The van der Waals surface area contributed by atoms with Crippen LogP contribution in [0.25, 0.3) is 0 Å². The molecular weight excluding hydrogens is 292 g/mol. The number of rotatable bonds is 8. The molecular formula is C17H28N4O2. The Hall–Kier alpha value is -1.63. The minimum Gasteiger partial charge on any atom is -0.383 e. The first-order valence-corrected chi connectivity index (χ1v) is 8.22. The van der Waals surface area contributed by atoms with Gasteiger partial charge in [-0.25, -0.2) is 0 Å². The van der Waals surface area contributed by atoms with E-state index in [0.29, 0.717) is 19.2 Å². The number of hydrogen-bond donors (Lipinski definition) is 3. The third-order valence-electron chi connectivity index (χ3n) is 4.05. The van der Waals surface area contributed by atoms with Crippen molar-refractivity contribution >= 4 is 17.3 Å². The summed E-state index contributed by atoms with van der Waals surface area (Å²) in [5, 5.41) is 9.59. The zero-order valence-corrected chi connectivity index (χ0v) is 14.1. The van der Waals surface area contributed by atoms with E-state index >= 15 is 0 Å². The van der Waals surface area contributed by atoms with Crippen LogP contribution in [0.1, 0.15) is 12.8 Å². The largest absolute Gasteiger partial charge is 0.383 e. The average Bonchev–Trinajstić information content (AvgIpc) is 2.55. The van der Waals surface area contributed by atoms with Crippen molar-refractivity contribution in [2.75, 3.05) is 57.6 Å². The van der Waals surface area contributed by atoms with Gasteiger partial charge in [-0.1, -0.05) is 12.1 Å². The lowest BCUT2D eigenvalue weighted by atomic mass is 10.0. The van der Waals surface area contributed by atoms with Crippen molar-refractivity contribution in [2.45, 2.75) is 18.9 Å². The normalized spacial score (nSPS) is 16.3. The summed E-state index contributed by atoms with van der Waals surface area (Å²) in [6.07, 6.45) is 2.24. The second-order valence-corrected chi connectivity index (χ2v) is 5.99. The Morgan fingerprint density at radius 3 is 2.65 bits per heavy atom. The van der Waals surface area contributed by atoms with Crippen molar-refractivity contribution in [1.29, 1.82) is 0 Å². The van der Waals surface area contributed by atoms with Crippen molar-refractivity contribution in [3.8, 4) is 0 Å². The summed E-state index contributed by atoms with van der Waals surface area (Å²) in [7, 11) is 3.80. The highest BCUT2D eigenvalue weighted by Gasteiger charge is 2.17. The van der Waals surface area contributed by atoms with E-state index in [1.165, 1.54) is 0 Å². The summed E-state index contributed by atoms with van der Waals surface area (Å²) >= 11 is 0. The van der Waals surface area contributed by atoms with Crippen LogP contribution in [0.2, 0.25) is 0 Å². The van der Waals surface area contributed by atoms with Crippen LogP contribution in [0, 0.1) is 0 Å². The van der Waals surface area contributed by atoms with Gasteiger partial charge >= 0.3 is 0 Å². The van der Waals surface area contributed by atoms with Crippen molar-refractivity contribution in [2.24, 2.45) is 0 Å². The van der Waals surface area contributed by atoms with Gasteiger partial charge in [-0.3, -0.25) is 4.79 Å². The van der Waals surface area contributed by atoms with Crippen molar-refractivity contribution in [1.82, 2.24) is 10.2 Å². The van der Waals surface area contributed by atoms with Crippen LogP contribution in [0.5, 0.6) is 0 Å². The Labute approximate surface area is 138 Å². The van der Waals surface area contributed by atoms with Gasteiger partial charge in [0.1, 0.15) is 0 Å². The molecule has 1 saturated heterocycles. The van der Waals surface area contributed by atoms with Crippen LogP contribution in [0.4, 0.5) is 11.4 Å². The minimum absolute atomic E-state index is 0.0428. The van der Waals surface area contributed by atoms with E-state index in [1.807, 2.05) is 24.3 Å². The molecule has 0 bridgehead atoms. The first kappa shape index (κ1) is 17.7. The molecule has 2 rings (SSSR count). The van der Waals surface area contributed by atoms with E-state index in [-0.39, 0.29) is 12.5 Å². The van der Waals surface area contributed by atoms with Gasteiger partial charge in [-0.2, -0.15) is 0 Å². The van der Waals surface area contributed by atoms with Gasteiger partial charge in [0.25, 0.3) is 0 Å². The first-order valence-electron chi connectivity index (χ1n) is 8.22. The van der Waals surface area contributed by atoms with E-state index in [9.17, 15) is 4.79 Å². The number of nitrogens with zero attached hydrogens (tertiary/aromatic N) is 1. The number of likely N-dealkylation sites (tertiary alicyclic amines) is 1. The summed E-state index contributed by atoms with van der Waals surface area (Å²) in [6, 6.07) is 8.35. The number of anilines is 2. The second kappa shape index (κ2) is 9.50. The maximum absolute atomic E-state index is 12.0. The maximum atomic E-state index is 12.0. The molecule has 6 nitrogen and oxygen atoms in total. The lowest BCUT2D eigenvalue weighted by Crippen LogP contribution is -2.37. The molecule has 128 valence electrons. The molecule has 1 aromatic rings. The average molecular weight is 320 g/mol. The van der Waals surface area contributed by atoms with Gasteiger partial charge in [0, 0.05) is 19.7 Å². The molecule has 6 heteroatoms. The summed E-state index contributed by atoms with van der Waals surface area (Å²) in [5.74, 6) is -0.0428. The van der Waals surface area contributed by atoms with E-state index in [2.05, 4.69) is 27.9 Å². The molecule has 1 aliphatic heterocycles. The molecule has 23 heavy (non-hydrogen) atoms. The van der Waals surface area contributed by atoms with E-state index in [4.69, 9.17) is 4.74 Å². The standard InChI is InChI=1S/C17H28N4O2/c1-21-10-7-14(8-11-21)19-15-5-3-4-6-16(15)20-17(22)13-18-9-12-23-2/h3-6,14,18-19H,7-13H2,1-2H3,(H,20,22). The zero-order chi connectivity index (χ0) is 16.5. The molecule has 0 spiro atoms. The number of nitrogens with one attached hydrogen (secondary N) is 3. The molecule has 1 heterocycles. The maximum Gasteiger partial charge on any atom is 0.238 e. The van der Waals surface area contributed by atoms with Crippen LogP contribution in [-0.4, -0.2) is 63.8 Å². The number of ether oxygens (including phenoxy) is 1. The van der Waals surface area contributed by atoms with Crippen LogP contribution in [0.15, 0.2) is 24.3 Å². The number of para-hydroxylation sites is 2. The molecule has 3 N–H and O–H groups in total. The number of benzene rings is 1. The smallest absolute Gasteiger partial charge is 0.238 e. The third-order valence-corrected chi connectivity index (χ3v) is 4.05. The fraction of sp³-hybridized carbons (Fsp3) is 0.588. The summed E-state index contributed by atoms with van der Waals surface area (Å²) in [4.78, 5) is 14.4. The SMILES string of the molecule is COCCNCC(=O)Nc1ccccc1NC1CCN(C)CC1. The van der Waals surface area contributed by atoms with E-state index in [1.54, 1.807) is 7.11 Å². The highest BCUT2D eigenvalue weighted by atomic mass is 16.5. The minimum atomic E-state index is -0.0428. The van der Waals surface area contributed by atoms with Crippen LogP contribution in [0.3, 0.4) is 0 Å². The molecule has 0 atom stereocenters. The number of piperidine rings is 1. The van der Waals surface area contributed by atoms with Crippen molar-refractivity contribution in [3.63, 3.8) is 0 Å². The van der Waals surface area contributed by atoms with E-state index < -0.39 is 0 Å². The highest BCUT2D eigenvalue weighted by Crippen LogP contribution is 2.24. The van der Waals surface area contributed by atoms with Gasteiger partial charge in [-0.05, 0) is 45.1 Å². The summed E-state index contributed by atoms with van der Waals surface area (Å²) in [6.45, 7) is 3.76.